The van der Waals surface area contributed by atoms with Crippen molar-refractivity contribution in [3.8, 4) is 0 Å². The Labute approximate surface area is 123 Å². The molecular weight excluding hydrogens is 325 g/mol. The maximum Gasteiger partial charge on any atom is 0.269 e. The molecule has 1 aromatic carbocycles. The van der Waals surface area contributed by atoms with E-state index in [2.05, 4.69) is 26.3 Å². The average molecular weight is 338 g/mol. The van der Waals surface area contributed by atoms with Crippen LogP contribution < -0.4 is 10.9 Å². The molecule has 0 atom stereocenters. The van der Waals surface area contributed by atoms with E-state index in [9.17, 15) is 9.18 Å². The van der Waals surface area contributed by atoms with Crippen LogP contribution in [0.3, 0.4) is 0 Å². The number of anilines is 1. The molecule has 104 valence electrons. The van der Waals surface area contributed by atoms with Crippen LogP contribution in [0.25, 0.3) is 0 Å². The first-order chi connectivity index (χ1) is 9.63. The molecule has 1 aromatic heterocycles. The SMILES string of the molecule is O=c1cc2c(nn1Cc1cc(F)ccc1Br)CCCN2. The van der Waals surface area contributed by atoms with Crippen molar-refractivity contribution >= 4 is 21.6 Å². The Kier molecular flexibility index (Phi) is 3.56. The van der Waals surface area contributed by atoms with Crippen molar-refractivity contribution < 1.29 is 4.39 Å². The summed E-state index contributed by atoms with van der Waals surface area (Å²) < 4.78 is 15.4. The van der Waals surface area contributed by atoms with Crippen LogP contribution in [0.15, 0.2) is 33.5 Å². The second-order valence-electron chi connectivity index (χ2n) is 4.77. The maximum atomic E-state index is 13.3. The molecule has 0 aliphatic carbocycles. The molecule has 1 aliphatic heterocycles. The van der Waals surface area contributed by atoms with E-state index in [0.717, 1.165) is 35.2 Å². The molecule has 0 saturated carbocycles. The number of fused-ring (bicyclic) bond motifs is 1. The van der Waals surface area contributed by atoms with E-state index in [1.807, 2.05) is 0 Å². The van der Waals surface area contributed by atoms with Crippen molar-refractivity contribution in [2.45, 2.75) is 19.4 Å². The van der Waals surface area contributed by atoms with Crippen LogP contribution in [0, 0.1) is 5.82 Å². The summed E-state index contributed by atoms with van der Waals surface area (Å²) in [5.41, 5.74) is 2.22. The van der Waals surface area contributed by atoms with Crippen molar-refractivity contribution in [1.82, 2.24) is 9.78 Å². The third kappa shape index (κ3) is 2.60. The maximum absolute atomic E-state index is 13.3. The van der Waals surface area contributed by atoms with Gasteiger partial charge in [-0.15, -0.1) is 0 Å². The predicted octanol–water partition coefficient (Wildman–Crippen LogP) is 2.55. The summed E-state index contributed by atoms with van der Waals surface area (Å²) in [6, 6.07) is 5.99. The van der Waals surface area contributed by atoms with Gasteiger partial charge in [0.15, 0.2) is 0 Å². The van der Waals surface area contributed by atoms with Crippen molar-refractivity contribution in [3.05, 3.63) is 56.2 Å². The summed E-state index contributed by atoms with van der Waals surface area (Å²) in [5, 5.41) is 7.55. The van der Waals surface area contributed by atoms with Gasteiger partial charge in [-0.25, -0.2) is 9.07 Å². The molecule has 20 heavy (non-hydrogen) atoms. The summed E-state index contributed by atoms with van der Waals surface area (Å²) in [4.78, 5) is 12.0. The molecule has 6 heteroatoms. The number of aryl methyl sites for hydroxylation is 1. The standard InChI is InChI=1S/C14H13BrFN3O/c15-11-4-3-10(16)6-9(11)8-19-14(20)7-13-12(18-19)2-1-5-17-13/h3-4,6-7,17H,1-2,5,8H2. The molecule has 0 fully saturated rings. The highest BCUT2D eigenvalue weighted by molar-refractivity contribution is 9.10. The van der Waals surface area contributed by atoms with Crippen molar-refractivity contribution in [1.29, 1.82) is 0 Å². The first-order valence-corrected chi connectivity index (χ1v) is 7.21. The summed E-state index contributed by atoms with van der Waals surface area (Å²) in [5.74, 6) is -0.323. The van der Waals surface area contributed by atoms with E-state index in [-0.39, 0.29) is 17.9 Å². The van der Waals surface area contributed by atoms with Crippen LogP contribution in [0.4, 0.5) is 10.1 Å². The molecule has 4 nitrogen and oxygen atoms in total. The second kappa shape index (κ2) is 5.36. The molecule has 0 saturated heterocycles. The molecule has 0 radical (unpaired) electrons. The van der Waals surface area contributed by atoms with E-state index in [4.69, 9.17) is 0 Å². The zero-order chi connectivity index (χ0) is 14.1. The summed E-state index contributed by atoms with van der Waals surface area (Å²) >= 11 is 3.37. The van der Waals surface area contributed by atoms with Crippen molar-refractivity contribution in [2.24, 2.45) is 0 Å². The fourth-order valence-electron chi connectivity index (χ4n) is 2.29. The third-order valence-corrected chi connectivity index (χ3v) is 4.08. The summed E-state index contributed by atoms with van der Waals surface area (Å²) in [6.45, 7) is 1.12. The topological polar surface area (TPSA) is 46.9 Å². The lowest BCUT2D eigenvalue weighted by molar-refractivity contribution is 0.595. The normalized spacial score (nSPS) is 13.7. The Hall–Kier alpha value is -1.69. The van der Waals surface area contributed by atoms with Crippen molar-refractivity contribution in [2.75, 3.05) is 11.9 Å². The van der Waals surface area contributed by atoms with Crippen molar-refractivity contribution in [3.63, 3.8) is 0 Å². The molecular formula is C14H13BrFN3O. The number of rotatable bonds is 2. The lowest BCUT2D eigenvalue weighted by Gasteiger charge is -2.18. The van der Waals surface area contributed by atoms with E-state index in [1.54, 1.807) is 12.1 Å². The summed E-state index contributed by atoms with van der Waals surface area (Å²) in [7, 11) is 0. The van der Waals surface area contributed by atoms with Crippen LogP contribution in [0.1, 0.15) is 17.7 Å². The largest absolute Gasteiger partial charge is 0.383 e. The van der Waals surface area contributed by atoms with E-state index >= 15 is 0 Å². The van der Waals surface area contributed by atoms with E-state index in [1.165, 1.54) is 16.8 Å². The lowest BCUT2D eigenvalue weighted by atomic mass is 10.1. The second-order valence-corrected chi connectivity index (χ2v) is 5.62. The molecule has 0 amide bonds. The van der Waals surface area contributed by atoms with Gasteiger partial charge in [-0.3, -0.25) is 4.79 Å². The zero-order valence-corrected chi connectivity index (χ0v) is 12.3. The van der Waals surface area contributed by atoms with Gasteiger partial charge in [0, 0.05) is 17.1 Å². The van der Waals surface area contributed by atoms with Gasteiger partial charge in [0.2, 0.25) is 0 Å². The molecule has 1 N–H and O–H groups in total. The number of aromatic nitrogens is 2. The quantitative estimate of drug-likeness (QED) is 0.916. The fourth-order valence-corrected chi connectivity index (χ4v) is 2.66. The molecule has 0 bridgehead atoms. The molecule has 3 rings (SSSR count). The van der Waals surface area contributed by atoms with Crippen LogP contribution in [-0.2, 0) is 13.0 Å². The molecule has 0 unspecified atom stereocenters. The Bertz CT molecular complexity index is 714. The zero-order valence-electron chi connectivity index (χ0n) is 10.7. The van der Waals surface area contributed by atoms with Gasteiger partial charge in [-0.05, 0) is 36.6 Å². The average Bonchev–Trinajstić information content (AvgIpc) is 2.43. The number of halogens is 2. The molecule has 2 heterocycles. The van der Waals surface area contributed by atoms with Crippen LogP contribution in [0.5, 0.6) is 0 Å². The van der Waals surface area contributed by atoms with Gasteiger partial charge < -0.3 is 5.32 Å². The first-order valence-electron chi connectivity index (χ1n) is 6.42. The summed E-state index contributed by atoms with van der Waals surface area (Å²) in [6.07, 6.45) is 1.86. The Morgan fingerprint density at radius 3 is 3.10 bits per heavy atom. The van der Waals surface area contributed by atoms with Crippen LogP contribution >= 0.6 is 15.9 Å². The number of nitrogens with one attached hydrogen (secondary N) is 1. The minimum absolute atomic E-state index is 0.186. The minimum Gasteiger partial charge on any atom is -0.383 e. The molecule has 1 aliphatic rings. The number of benzene rings is 1. The lowest BCUT2D eigenvalue weighted by Crippen LogP contribution is -2.27. The third-order valence-electron chi connectivity index (χ3n) is 3.31. The van der Waals surface area contributed by atoms with Gasteiger partial charge in [0.05, 0.1) is 17.9 Å². The first kappa shape index (κ1) is 13.3. The van der Waals surface area contributed by atoms with Gasteiger partial charge >= 0.3 is 0 Å². The Balaban J connectivity index is 1.98. The Morgan fingerprint density at radius 2 is 2.25 bits per heavy atom. The predicted molar refractivity (Wildman–Crippen MR) is 78.5 cm³/mol. The number of nitrogens with zero attached hydrogens (tertiary/aromatic N) is 2. The number of hydrogen-bond donors (Lipinski definition) is 1. The van der Waals surface area contributed by atoms with Gasteiger partial charge in [0.25, 0.3) is 5.56 Å². The van der Waals surface area contributed by atoms with Crippen LogP contribution in [-0.4, -0.2) is 16.3 Å². The smallest absolute Gasteiger partial charge is 0.269 e. The molecule has 0 spiro atoms. The highest BCUT2D eigenvalue weighted by Crippen LogP contribution is 2.20. The monoisotopic (exact) mass is 337 g/mol. The fraction of sp³-hybridized carbons (Fsp3) is 0.286. The molecule has 2 aromatic rings. The van der Waals surface area contributed by atoms with Gasteiger partial charge in [-0.1, -0.05) is 15.9 Å². The van der Waals surface area contributed by atoms with Crippen LogP contribution in [0.2, 0.25) is 0 Å². The number of hydrogen-bond acceptors (Lipinski definition) is 3. The van der Waals surface area contributed by atoms with E-state index in [0.29, 0.717) is 5.56 Å². The Morgan fingerprint density at radius 1 is 1.40 bits per heavy atom. The minimum atomic E-state index is -0.323. The van der Waals surface area contributed by atoms with E-state index < -0.39 is 0 Å². The highest BCUT2D eigenvalue weighted by Gasteiger charge is 2.13. The highest BCUT2D eigenvalue weighted by atomic mass is 79.9. The van der Waals surface area contributed by atoms with Gasteiger partial charge in [-0.2, -0.15) is 5.10 Å². The van der Waals surface area contributed by atoms with Gasteiger partial charge in [0.1, 0.15) is 5.82 Å².